The van der Waals surface area contributed by atoms with Gasteiger partial charge in [0.1, 0.15) is 5.60 Å². The van der Waals surface area contributed by atoms with Gasteiger partial charge in [0.2, 0.25) is 0 Å². The number of esters is 1. The van der Waals surface area contributed by atoms with E-state index in [9.17, 15) is 9.59 Å². The van der Waals surface area contributed by atoms with Crippen LogP contribution in [0.25, 0.3) is 0 Å². The van der Waals surface area contributed by atoms with E-state index in [0.717, 1.165) is 6.42 Å². The standard InChI is InChI=1S/C17H25NO3/c1-6-13-7-9-14(10-8-13)16(20)18(5)12-11-15(19)21-17(2,3)4/h7-10H,6,11-12H2,1-5H3. The summed E-state index contributed by atoms with van der Waals surface area (Å²) in [6, 6.07) is 7.56. The van der Waals surface area contributed by atoms with E-state index in [1.165, 1.54) is 5.56 Å². The van der Waals surface area contributed by atoms with Crippen molar-refractivity contribution in [1.82, 2.24) is 4.90 Å². The quantitative estimate of drug-likeness (QED) is 0.783. The van der Waals surface area contributed by atoms with Crippen molar-refractivity contribution < 1.29 is 14.3 Å². The second-order valence-corrected chi connectivity index (χ2v) is 6.11. The van der Waals surface area contributed by atoms with Crippen LogP contribution in [0.3, 0.4) is 0 Å². The smallest absolute Gasteiger partial charge is 0.308 e. The van der Waals surface area contributed by atoms with Crippen LogP contribution in [-0.4, -0.2) is 36.0 Å². The molecule has 0 unspecified atom stereocenters. The molecule has 0 N–H and O–H groups in total. The van der Waals surface area contributed by atoms with Gasteiger partial charge in [0, 0.05) is 19.2 Å². The molecule has 4 nitrogen and oxygen atoms in total. The number of amides is 1. The number of ether oxygens (including phenoxy) is 1. The van der Waals surface area contributed by atoms with Crippen molar-refractivity contribution in [2.75, 3.05) is 13.6 Å². The van der Waals surface area contributed by atoms with Gasteiger partial charge in [0.15, 0.2) is 0 Å². The molecule has 0 bridgehead atoms. The van der Waals surface area contributed by atoms with Gasteiger partial charge in [0.05, 0.1) is 6.42 Å². The topological polar surface area (TPSA) is 46.6 Å². The molecule has 0 fully saturated rings. The second-order valence-electron chi connectivity index (χ2n) is 6.11. The van der Waals surface area contributed by atoms with E-state index < -0.39 is 5.60 Å². The van der Waals surface area contributed by atoms with Crippen LogP contribution < -0.4 is 0 Å². The minimum absolute atomic E-state index is 0.0822. The molecule has 21 heavy (non-hydrogen) atoms. The maximum Gasteiger partial charge on any atom is 0.308 e. The van der Waals surface area contributed by atoms with Gasteiger partial charge < -0.3 is 9.64 Å². The summed E-state index contributed by atoms with van der Waals surface area (Å²) in [7, 11) is 1.69. The van der Waals surface area contributed by atoms with E-state index in [4.69, 9.17) is 4.74 Å². The molecule has 4 heteroatoms. The molecule has 1 amide bonds. The predicted molar refractivity (Wildman–Crippen MR) is 83.2 cm³/mol. The van der Waals surface area contributed by atoms with Crippen molar-refractivity contribution in [2.24, 2.45) is 0 Å². The number of rotatable bonds is 5. The monoisotopic (exact) mass is 291 g/mol. The van der Waals surface area contributed by atoms with E-state index in [2.05, 4.69) is 6.92 Å². The van der Waals surface area contributed by atoms with Crippen LogP contribution in [0.1, 0.15) is 50.0 Å². The Morgan fingerprint density at radius 1 is 1.14 bits per heavy atom. The second kappa shape index (κ2) is 7.25. The van der Waals surface area contributed by atoms with Gasteiger partial charge in [-0.25, -0.2) is 0 Å². The van der Waals surface area contributed by atoms with Crippen molar-refractivity contribution in [3.05, 3.63) is 35.4 Å². The lowest BCUT2D eigenvalue weighted by Gasteiger charge is -2.21. The third-order valence-electron chi connectivity index (χ3n) is 3.03. The van der Waals surface area contributed by atoms with E-state index in [1.54, 1.807) is 11.9 Å². The molecule has 0 atom stereocenters. The zero-order chi connectivity index (χ0) is 16.0. The van der Waals surface area contributed by atoms with Gasteiger partial charge in [-0.1, -0.05) is 19.1 Å². The van der Waals surface area contributed by atoms with Crippen molar-refractivity contribution >= 4 is 11.9 Å². The Morgan fingerprint density at radius 2 is 1.71 bits per heavy atom. The van der Waals surface area contributed by atoms with Gasteiger partial charge in [-0.2, -0.15) is 0 Å². The first-order valence-electron chi connectivity index (χ1n) is 7.29. The summed E-state index contributed by atoms with van der Waals surface area (Å²) in [6.45, 7) is 7.91. The first-order chi connectivity index (χ1) is 9.73. The number of carbonyl (C=O) groups is 2. The molecule has 0 aliphatic carbocycles. The highest BCUT2D eigenvalue weighted by atomic mass is 16.6. The lowest BCUT2D eigenvalue weighted by molar-refractivity contribution is -0.154. The van der Waals surface area contributed by atoms with Crippen molar-refractivity contribution in [2.45, 2.75) is 46.1 Å². The average molecular weight is 291 g/mol. The molecule has 0 saturated heterocycles. The predicted octanol–water partition coefficient (Wildman–Crippen LogP) is 3.05. The highest BCUT2D eigenvalue weighted by molar-refractivity contribution is 5.94. The van der Waals surface area contributed by atoms with Gasteiger partial charge in [-0.05, 0) is 44.9 Å². The number of hydrogen-bond acceptors (Lipinski definition) is 3. The molecule has 116 valence electrons. The van der Waals surface area contributed by atoms with Gasteiger partial charge in [0.25, 0.3) is 5.91 Å². The molecule has 1 aromatic carbocycles. The molecule has 0 saturated carbocycles. The first-order valence-corrected chi connectivity index (χ1v) is 7.29. The van der Waals surface area contributed by atoms with Crippen LogP contribution in [0, 0.1) is 0 Å². The van der Waals surface area contributed by atoms with E-state index in [-0.39, 0.29) is 18.3 Å². The third kappa shape index (κ3) is 5.98. The van der Waals surface area contributed by atoms with E-state index in [0.29, 0.717) is 12.1 Å². The van der Waals surface area contributed by atoms with Crippen LogP contribution >= 0.6 is 0 Å². The third-order valence-corrected chi connectivity index (χ3v) is 3.03. The molecule has 1 aromatic rings. The van der Waals surface area contributed by atoms with E-state index in [1.807, 2.05) is 45.0 Å². The Kier molecular flexibility index (Phi) is 5.94. The first kappa shape index (κ1) is 17.2. The number of nitrogens with zero attached hydrogens (tertiary/aromatic N) is 1. The SMILES string of the molecule is CCc1ccc(C(=O)N(C)CCC(=O)OC(C)(C)C)cc1. The minimum atomic E-state index is -0.490. The number of hydrogen-bond donors (Lipinski definition) is 0. The van der Waals surface area contributed by atoms with Crippen molar-refractivity contribution in [1.29, 1.82) is 0 Å². The Balaban J connectivity index is 2.52. The summed E-state index contributed by atoms with van der Waals surface area (Å²) in [5.74, 6) is -0.371. The van der Waals surface area contributed by atoms with Crippen LogP contribution in [0.4, 0.5) is 0 Å². The van der Waals surface area contributed by atoms with Crippen LogP contribution in [0.15, 0.2) is 24.3 Å². The van der Waals surface area contributed by atoms with Crippen LogP contribution in [0.2, 0.25) is 0 Å². The highest BCUT2D eigenvalue weighted by Crippen LogP contribution is 2.10. The van der Waals surface area contributed by atoms with Crippen LogP contribution in [0.5, 0.6) is 0 Å². The normalized spacial score (nSPS) is 11.1. The Morgan fingerprint density at radius 3 is 2.19 bits per heavy atom. The molecular weight excluding hydrogens is 266 g/mol. The fraction of sp³-hybridized carbons (Fsp3) is 0.529. The van der Waals surface area contributed by atoms with Gasteiger partial charge in [-0.15, -0.1) is 0 Å². The average Bonchev–Trinajstić information content (AvgIpc) is 2.42. The van der Waals surface area contributed by atoms with Crippen LogP contribution in [-0.2, 0) is 16.0 Å². The molecule has 1 rings (SSSR count). The summed E-state index contributed by atoms with van der Waals surface area (Å²) in [5.41, 5.74) is 1.34. The number of benzene rings is 1. The Hall–Kier alpha value is -1.84. The molecule has 0 heterocycles. The molecule has 0 spiro atoms. The zero-order valence-electron chi connectivity index (χ0n) is 13.6. The largest absolute Gasteiger partial charge is 0.460 e. The number of aryl methyl sites for hydroxylation is 1. The molecule has 0 aliphatic heterocycles. The fourth-order valence-corrected chi connectivity index (χ4v) is 1.86. The summed E-state index contributed by atoms with van der Waals surface area (Å²) < 4.78 is 5.23. The molecule has 0 radical (unpaired) electrons. The molecular formula is C17H25NO3. The van der Waals surface area contributed by atoms with Gasteiger partial charge in [-0.3, -0.25) is 9.59 Å². The summed E-state index contributed by atoms with van der Waals surface area (Å²) in [5, 5.41) is 0. The summed E-state index contributed by atoms with van der Waals surface area (Å²) in [6.07, 6.45) is 1.15. The maximum absolute atomic E-state index is 12.2. The zero-order valence-corrected chi connectivity index (χ0v) is 13.6. The van der Waals surface area contributed by atoms with Crippen molar-refractivity contribution in [3.8, 4) is 0 Å². The highest BCUT2D eigenvalue weighted by Gasteiger charge is 2.18. The Labute approximate surface area is 127 Å². The van der Waals surface area contributed by atoms with Gasteiger partial charge >= 0.3 is 5.97 Å². The van der Waals surface area contributed by atoms with E-state index >= 15 is 0 Å². The lowest BCUT2D eigenvalue weighted by Crippen LogP contribution is -2.31. The maximum atomic E-state index is 12.2. The Bertz CT molecular complexity index is 486. The van der Waals surface area contributed by atoms with Crippen molar-refractivity contribution in [3.63, 3.8) is 0 Å². The number of carbonyl (C=O) groups excluding carboxylic acids is 2. The summed E-state index contributed by atoms with van der Waals surface area (Å²) >= 11 is 0. The lowest BCUT2D eigenvalue weighted by atomic mass is 10.1. The summed E-state index contributed by atoms with van der Waals surface area (Å²) in [4.78, 5) is 25.4. The molecule has 0 aliphatic rings. The molecule has 0 aromatic heterocycles. The fourth-order valence-electron chi connectivity index (χ4n) is 1.86. The minimum Gasteiger partial charge on any atom is -0.460 e.